The van der Waals surface area contributed by atoms with Crippen LogP contribution in [-0.2, 0) is 7.05 Å². The molecule has 0 amide bonds. The lowest BCUT2D eigenvalue weighted by molar-refractivity contribution is 0.207. The molecule has 3 N–H and O–H groups in total. The Morgan fingerprint density at radius 1 is 1.45 bits per heavy atom. The molecule has 0 aliphatic heterocycles. The van der Waals surface area contributed by atoms with E-state index in [1.165, 1.54) is 38.5 Å². The average Bonchev–Trinajstić information content (AvgIpc) is 2.83. The van der Waals surface area contributed by atoms with Crippen LogP contribution in [0, 0.1) is 11.8 Å². The number of rotatable bonds is 6. The van der Waals surface area contributed by atoms with Crippen molar-refractivity contribution in [2.24, 2.45) is 24.7 Å². The Bertz CT molecular complexity index is 410. The van der Waals surface area contributed by atoms with Crippen LogP contribution in [0.3, 0.4) is 0 Å². The molecule has 1 aliphatic carbocycles. The minimum atomic E-state index is 0.125. The first-order valence-corrected chi connectivity index (χ1v) is 7.73. The largest absolute Gasteiger partial charge is 0.493 e. The van der Waals surface area contributed by atoms with Crippen molar-refractivity contribution < 1.29 is 4.74 Å². The van der Waals surface area contributed by atoms with Crippen LogP contribution >= 0.6 is 0 Å². The van der Waals surface area contributed by atoms with Gasteiger partial charge in [0, 0.05) is 7.05 Å². The highest BCUT2D eigenvalue weighted by atomic mass is 16.5. The molecule has 1 heterocycles. The molecule has 0 aromatic carbocycles. The molecule has 1 aromatic rings. The summed E-state index contributed by atoms with van der Waals surface area (Å²) in [4.78, 5) is 0. The van der Waals surface area contributed by atoms with Crippen molar-refractivity contribution >= 4 is 0 Å². The van der Waals surface area contributed by atoms with Crippen molar-refractivity contribution in [3.05, 3.63) is 11.9 Å². The van der Waals surface area contributed by atoms with Crippen LogP contribution in [-0.4, -0.2) is 16.9 Å². The van der Waals surface area contributed by atoms with Gasteiger partial charge in [0.05, 0.1) is 25.0 Å². The van der Waals surface area contributed by atoms with E-state index >= 15 is 0 Å². The van der Waals surface area contributed by atoms with E-state index in [4.69, 9.17) is 10.6 Å². The molecule has 0 saturated heterocycles. The molecule has 1 aromatic heterocycles. The molecule has 0 radical (unpaired) electrons. The predicted octanol–water partition coefficient (Wildman–Crippen LogP) is 2.54. The zero-order valence-electron chi connectivity index (χ0n) is 12.9. The van der Waals surface area contributed by atoms with E-state index in [9.17, 15) is 0 Å². The third kappa shape index (κ3) is 3.15. The first-order valence-electron chi connectivity index (χ1n) is 7.73. The highest BCUT2D eigenvalue weighted by Crippen LogP contribution is 2.40. The number of hydrogen-bond acceptors (Lipinski definition) is 4. The molecule has 5 nitrogen and oxygen atoms in total. The molecule has 1 atom stereocenters. The SMILES string of the molecule is CCCC1CCC(C(NN)c2c(OC)cnn2C)CC1. The van der Waals surface area contributed by atoms with E-state index in [2.05, 4.69) is 17.4 Å². The second kappa shape index (κ2) is 7.09. The topological polar surface area (TPSA) is 65.1 Å². The average molecular weight is 280 g/mol. The van der Waals surface area contributed by atoms with Crippen LogP contribution in [0.25, 0.3) is 0 Å². The molecule has 1 fully saturated rings. The lowest BCUT2D eigenvalue weighted by Gasteiger charge is -2.33. The highest BCUT2D eigenvalue weighted by molar-refractivity contribution is 5.28. The molecule has 1 unspecified atom stereocenters. The van der Waals surface area contributed by atoms with Crippen LogP contribution in [0.4, 0.5) is 0 Å². The minimum Gasteiger partial charge on any atom is -0.493 e. The first-order chi connectivity index (χ1) is 9.71. The van der Waals surface area contributed by atoms with Crippen molar-refractivity contribution in [3.8, 4) is 5.75 Å². The van der Waals surface area contributed by atoms with Gasteiger partial charge >= 0.3 is 0 Å². The van der Waals surface area contributed by atoms with Gasteiger partial charge in [0.2, 0.25) is 0 Å². The Morgan fingerprint density at radius 2 is 2.15 bits per heavy atom. The number of nitrogens with zero attached hydrogens (tertiary/aromatic N) is 2. The summed E-state index contributed by atoms with van der Waals surface area (Å²) >= 11 is 0. The van der Waals surface area contributed by atoms with Gasteiger partial charge < -0.3 is 4.74 Å². The van der Waals surface area contributed by atoms with Crippen LogP contribution in [0.2, 0.25) is 0 Å². The summed E-state index contributed by atoms with van der Waals surface area (Å²) in [6, 6.07) is 0.125. The van der Waals surface area contributed by atoms with Crippen LogP contribution < -0.4 is 16.0 Å². The summed E-state index contributed by atoms with van der Waals surface area (Å²) < 4.78 is 7.30. The van der Waals surface area contributed by atoms with Gasteiger partial charge in [-0.25, -0.2) is 0 Å². The molecule has 20 heavy (non-hydrogen) atoms. The standard InChI is InChI=1S/C15H28N4O/c1-4-5-11-6-8-12(9-7-11)14(18-16)15-13(20-3)10-17-19(15)2/h10-12,14,18H,4-9,16H2,1-3H3. The molecule has 0 spiro atoms. The van der Waals surface area contributed by atoms with Gasteiger partial charge in [-0.1, -0.05) is 32.6 Å². The third-order valence-corrected chi connectivity index (χ3v) is 4.70. The second-order valence-electron chi connectivity index (χ2n) is 5.94. The van der Waals surface area contributed by atoms with Crippen molar-refractivity contribution in [2.75, 3.05) is 7.11 Å². The van der Waals surface area contributed by atoms with E-state index < -0.39 is 0 Å². The van der Waals surface area contributed by atoms with Crippen LogP contribution in [0.5, 0.6) is 5.75 Å². The zero-order chi connectivity index (χ0) is 14.5. The van der Waals surface area contributed by atoms with E-state index in [0.717, 1.165) is 17.4 Å². The number of nitrogens with one attached hydrogen (secondary N) is 1. The van der Waals surface area contributed by atoms with E-state index in [1.54, 1.807) is 13.3 Å². The summed E-state index contributed by atoms with van der Waals surface area (Å²) in [5.74, 6) is 8.13. The Balaban J connectivity index is 2.07. The number of hydrazine groups is 1. The van der Waals surface area contributed by atoms with Crippen LogP contribution in [0.1, 0.15) is 57.2 Å². The maximum absolute atomic E-state index is 5.83. The lowest BCUT2D eigenvalue weighted by atomic mass is 9.76. The fourth-order valence-corrected chi connectivity index (χ4v) is 3.60. The van der Waals surface area contributed by atoms with Gasteiger partial charge in [-0.15, -0.1) is 0 Å². The molecular formula is C15H28N4O. The number of hydrogen-bond donors (Lipinski definition) is 2. The monoisotopic (exact) mass is 280 g/mol. The lowest BCUT2D eigenvalue weighted by Crippen LogP contribution is -2.36. The molecule has 1 aliphatic rings. The maximum atomic E-state index is 5.83. The minimum absolute atomic E-state index is 0.125. The Kier molecular flexibility index (Phi) is 5.43. The Morgan fingerprint density at radius 3 is 2.70 bits per heavy atom. The van der Waals surface area contributed by atoms with Crippen molar-refractivity contribution in [1.29, 1.82) is 0 Å². The van der Waals surface area contributed by atoms with E-state index in [1.807, 2.05) is 11.7 Å². The highest BCUT2D eigenvalue weighted by Gasteiger charge is 2.31. The van der Waals surface area contributed by atoms with Gasteiger partial charge in [-0.3, -0.25) is 16.0 Å². The molecule has 5 heteroatoms. The normalized spacial score (nSPS) is 24.6. The van der Waals surface area contributed by atoms with Gasteiger partial charge in [-0.2, -0.15) is 5.10 Å². The summed E-state index contributed by atoms with van der Waals surface area (Å²) in [5, 5.41) is 4.29. The number of nitrogens with two attached hydrogens (primary N) is 1. The molecular weight excluding hydrogens is 252 g/mol. The third-order valence-electron chi connectivity index (χ3n) is 4.70. The molecule has 1 saturated carbocycles. The summed E-state index contributed by atoms with van der Waals surface area (Å²) in [5.41, 5.74) is 4.06. The number of methoxy groups -OCH3 is 1. The van der Waals surface area contributed by atoms with Gasteiger partial charge in [0.15, 0.2) is 5.75 Å². The van der Waals surface area contributed by atoms with Crippen molar-refractivity contribution in [2.45, 2.75) is 51.5 Å². The Hall–Kier alpha value is -1.07. The quantitative estimate of drug-likeness (QED) is 0.621. The Labute approximate surface area is 121 Å². The van der Waals surface area contributed by atoms with E-state index in [0.29, 0.717) is 5.92 Å². The van der Waals surface area contributed by atoms with Crippen molar-refractivity contribution in [3.63, 3.8) is 0 Å². The van der Waals surface area contributed by atoms with Gasteiger partial charge in [0.1, 0.15) is 0 Å². The molecule has 0 bridgehead atoms. The predicted molar refractivity (Wildman–Crippen MR) is 80.2 cm³/mol. The fraction of sp³-hybridized carbons (Fsp3) is 0.800. The summed E-state index contributed by atoms with van der Waals surface area (Å²) in [7, 11) is 3.64. The molecule has 2 rings (SSSR count). The number of aryl methyl sites for hydroxylation is 1. The smallest absolute Gasteiger partial charge is 0.161 e. The second-order valence-corrected chi connectivity index (χ2v) is 5.94. The number of ether oxygens (including phenoxy) is 1. The maximum Gasteiger partial charge on any atom is 0.161 e. The van der Waals surface area contributed by atoms with E-state index in [-0.39, 0.29) is 6.04 Å². The van der Waals surface area contributed by atoms with Crippen molar-refractivity contribution in [1.82, 2.24) is 15.2 Å². The zero-order valence-corrected chi connectivity index (χ0v) is 12.9. The fourth-order valence-electron chi connectivity index (χ4n) is 3.60. The molecule has 114 valence electrons. The van der Waals surface area contributed by atoms with Gasteiger partial charge in [0.25, 0.3) is 0 Å². The first kappa shape index (κ1) is 15.3. The van der Waals surface area contributed by atoms with Gasteiger partial charge in [-0.05, 0) is 24.7 Å². The summed E-state index contributed by atoms with van der Waals surface area (Å²) in [6.45, 7) is 2.27. The number of aromatic nitrogens is 2. The van der Waals surface area contributed by atoms with Crippen LogP contribution in [0.15, 0.2) is 6.20 Å². The summed E-state index contributed by atoms with van der Waals surface area (Å²) in [6.07, 6.45) is 9.52.